The predicted octanol–water partition coefficient (Wildman–Crippen LogP) is 2.98. The first-order valence-corrected chi connectivity index (χ1v) is 7.88. The van der Waals surface area contributed by atoms with Gasteiger partial charge in [0.1, 0.15) is 5.56 Å². The average Bonchev–Trinajstić information content (AvgIpc) is 3.08. The number of Topliss-reactive ketones (excluding diaryl/α,β-unsaturated/α-hetero) is 1. The van der Waals surface area contributed by atoms with E-state index in [0.717, 1.165) is 11.3 Å². The van der Waals surface area contributed by atoms with Crippen molar-refractivity contribution in [3.8, 4) is 0 Å². The van der Waals surface area contributed by atoms with E-state index < -0.39 is 47.2 Å². The molecular weight excluding hydrogens is 378 g/mol. The van der Waals surface area contributed by atoms with Gasteiger partial charge in [-0.25, -0.2) is 22.4 Å². The number of ketones is 1. The van der Waals surface area contributed by atoms with Crippen LogP contribution in [0.5, 0.6) is 0 Å². The highest BCUT2D eigenvalue weighted by Crippen LogP contribution is 2.20. The van der Waals surface area contributed by atoms with E-state index in [1.165, 1.54) is 13.0 Å². The maximum Gasteiger partial charge on any atom is 0.341 e. The molecule has 5 nitrogen and oxygen atoms in total. The van der Waals surface area contributed by atoms with Gasteiger partial charge in [-0.1, -0.05) is 0 Å². The second-order valence-corrected chi connectivity index (χ2v) is 6.19. The summed E-state index contributed by atoms with van der Waals surface area (Å²) >= 11 is 1.04. The molecule has 0 atom stereocenters. The third kappa shape index (κ3) is 4.45. The Hall–Kier alpha value is -2.75. The van der Waals surface area contributed by atoms with Gasteiger partial charge < -0.3 is 10.1 Å². The van der Waals surface area contributed by atoms with E-state index in [0.29, 0.717) is 4.88 Å². The van der Waals surface area contributed by atoms with Gasteiger partial charge >= 0.3 is 5.97 Å². The summed E-state index contributed by atoms with van der Waals surface area (Å²) in [7, 11) is 0. The normalized spacial score (nSPS) is 10.5. The van der Waals surface area contributed by atoms with Crippen LogP contribution in [-0.4, -0.2) is 24.3 Å². The molecule has 0 spiro atoms. The largest absolute Gasteiger partial charge is 0.454 e. The van der Waals surface area contributed by atoms with Gasteiger partial charge in [0, 0.05) is 11.8 Å². The van der Waals surface area contributed by atoms with Crippen molar-refractivity contribution in [3.63, 3.8) is 0 Å². The van der Waals surface area contributed by atoms with Crippen molar-refractivity contribution in [1.82, 2.24) is 5.32 Å². The highest BCUT2D eigenvalue weighted by Gasteiger charge is 2.24. The molecule has 2 rings (SSSR count). The lowest BCUT2D eigenvalue weighted by molar-refractivity contribution is -0.119. The van der Waals surface area contributed by atoms with Crippen LogP contribution >= 0.6 is 11.3 Å². The Balaban J connectivity index is 2.01. The van der Waals surface area contributed by atoms with E-state index in [9.17, 15) is 31.9 Å². The quantitative estimate of drug-likeness (QED) is 0.271. The average molecular weight is 389 g/mol. The number of hydrogen-bond acceptors (Lipinski definition) is 5. The Bertz CT molecular complexity index is 881. The standard InChI is InChI=1S/C16H11F4NO4S/c1-7(22)21-5-8-2-3-12(26-8)11(23)6-25-16(24)9-4-10(17)14(19)15(20)13(9)18/h2-4H,5-6H2,1H3,(H,21,22). The summed E-state index contributed by atoms with van der Waals surface area (Å²) in [5.41, 5.74) is -1.16. The molecule has 1 aromatic carbocycles. The Labute approximate surface area is 148 Å². The zero-order valence-electron chi connectivity index (χ0n) is 13.2. The van der Waals surface area contributed by atoms with E-state index in [1.54, 1.807) is 6.07 Å². The molecule has 0 saturated carbocycles. The van der Waals surface area contributed by atoms with Gasteiger partial charge in [0.25, 0.3) is 0 Å². The lowest BCUT2D eigenvalue weighted by atomic mass is 10.2. The molecule has 0 saturated heterocycles. The van der Waals surface area contributed by atoms with Crippen LogP contribution in [0.2, 0.25) is 0 Å². The third-order valence-electron chi connectivity index (χ3n) is 3.10. The number of ether oxygens (including phenoxy) is 1. The fraction of sp³-hybridized carbons (Fsp3) is 0.188. The zero-order valence-corrected chi connectivity index (χ0v) is 14.0. The molecule has 1 heterocycles. The molecule has 10 heteroatoms. The molecule has 1 aromatic heterocycles. The molecule has 0 bridgehead atoms. The van der Waals surface area contributed by atoms with E-state index in [2.05, 4.69) is 10.1 Å². The van der Waals surface area contributed by atoms with Crippen LogP contribution in [0.3, 0.4) is 0 Å². The van der Waals surface area contributed by atoms with Gasteiger partial charge in [0.05, 0.1) is 11.4 Å². The maximum atomic E-state index is 13.5. The van der Waals surface area contributed by atoms with Crippen LogP contribution in [0, 0.1) is 23.3 Å². The number of hydrogen-bond donors (Lipinski definition) is 1. The lowest BCUT2D eigenvalue weighted by Gasteiger charge is -2.06. The smallest absolute Gasteiger partial charge is 0.341 e. The van der Waals surface area contributed by atoms with Gasteiger partial charge in [-0.2, -0.15) is 0 Å². The number of esters is 1. The van der Waals surface area contributed by atoms with Gasteiger partial charge in [0.2, 0.25) is 11.7 Å². The van der Waals surface area contributed by atoms with Crippen molar-refractivity contribution in [2.24, 2.45) is 0 Å². The van der Waals surface area contributed by atoms with Crippen LogP contribution < -0.4 is 5.32 Å². The highest BCUT2D eigenvalue weighted by molar-refractivity contribution is 7.14. The molecule has 0 aliphatic rings. The summed E-state index contributed by atoms with van der Waals surface area (Å²) in [6.07, 6.45) is 0. The Morgan fingerprint density at radius 2 is 1.77 bits per heavy atom. The molecule has 0 fully saturated rings. The topological polar surface area (TPSA) is 72.5 Å². The van der Waals surface area contributed by atoms with Gasteiger partial charge in [-0.3, -0.25) is 9.59 Å². The summed E-state index contributed by atoms with van der Waals surface area (Å²) in [4.78, 5) is 35.3. The van der Waals surface area contributed by atoms with E-state index in [4.69, 9.17) is 0 Å². The lowest BCUT2D eigenvalue weighted by Crippen LogP contribution is -2.18. The van der Waals surface area contributed by atoms with Crippen LogP contribution in [0.15, 0.2) is 18.2 Å². The van der Waals surface area contributed by atoms with Gasteiger partial charge in [0.15, 0.2) is 29.9 Å². The van der Waals surface area contributed by atoms with Crippen molar-refractivity contribution in [2.45, 2.75) is 13.5 Å². The Morgan fingerprint density at radius 3 is 2.42 bits per heavy atom. The summed E-state index contributed by atoms with van der Waals surface area (Å²) in [6, 6.07) is 3.17. The fourth-order valence-corrected chi connectivity index (χ4v) is 2.71. The number of benzene rings is 1. The number of nitrogens with one attached hydrogen (secondary N) is 1. The molecule has 1 amide bonds. The molecule has 0 radical (unpaired) electrons. The maximum absolute atomic E-state index is 13.5. The number of carbonyl (C=O) groups is 3. The fourth-order valence-electron chi connectivity index (χ4n) is 1.84. The number of rotatable bonds is 6. The van der Waals surface area contributed by atoms with E-state index in [-0.39, 0.29) is 23.4 Å². The van der Waals surface area contributed by atoms with Crippen LogP contribution in [0.1, 0.15) is 31.8 Å². The second-order valence-electron chi connectivity index (χ2n) is 5.02. The highest BCUT2D eigenvalue weighted by atomic mass is 32.1. The Kier molecular flexibility index (Phi) is 6.09. The predicted molar refractivity (Wildman–Crippen MR) is 82.7 cm³/mol. The minimum Gasteiger partial charge on any atom is -0.454 e. The van der Waals surface area contributed by atoms with Crippen molar-refractivity contribution in [1.29, 1.82) is 0 Å². The van der Waals surface area contributed by atoms with Crippen LogP contribution in [0.25, 0.3) is 0 Å². The van der Waals surface area contributed by atoms with Gasteiger partial charge in [-0.15, -0.1) is 11.3 Å². The van der Waals surface area contributed by atoms with Gasteiger partial charge in [-0.05, 0) is 18.2 Å². The molecule has 1 N–H and O–H groups in total. The first-order valence-electron chi connectivity index (χ1n) is 7.07. The number of carbonyl (C=O) groups excluding carboxylic acids is 3. The number of amides is 1. The molecule has 138 valence electrons. The zero-order chi connectivity index (χ0) is 19.4. The summed E-state index contributed by atoms with van der Waals surface area (Å²) in [5.74, 6) is -10.3. The van der Waals surface area contributed by atoms with Crippen molar-refractivity contribution < 1.29 is 36.7 Å². The monoisotopic (exact) mass is 389 g/mol. The SMILES string of the molecule is CC(=O)NCc1ccc(C(=O)COC(=O)c2cc(F)c(F)c(F)c2F)s1. The molecule has 0 unspecified atom stereocenters. The molecule has 0 aliphatic heterocycles. The van der Waals surface area contributed by atoms with Crippen molar-refractivity contribution >= 4 is 29.0 Å². The summed E-state index contributed by atoms with van der Waals surface area (Å²) < 4.78 is 57.1. The van der Waals surface area contributed by atoms with Crippen molar-refractivity contribution in [3.05, 3.63) is 56.8 Å². The molecular formula is C16H11F4NO4S. The molecule has 0 aliphatic carbocycles. The minimum absolute atomic E-state index is 0.150. The minimum atomic E-state index is -2.15. The number of halogens is 4. The summed E-state index contributed by atoms with van der Waals surface area (Å²) in [5, 5.41) is 2.54. The first kappa shape index (κ1) is 19.6. The number of thiophene rings is 1. The summed E-state index contributed by atoms with van der Waals surface area (Å²) in [6.45, 7) is 0.741. The first-order chi connectivity index (χ1) is 12.2. The van der Waals surface area contributed by atoms with E-state index in [1.807, 2.05) is 0 Å². The molecule has 2 aromatic rings. The van der Waals surface area contributed by atoms with Crippen molar-refractivity contribution in [2.75, 3.05) is 6.61 Å². The van der Waals surface area contributed by atoms with E-state index >= 15 is 0 Å². The van der Waals surface area contributed by atoms with Crippen LogP contribution in [-0.2, 0) is 16.1 Å². The second kappa shape index (κ2) is 8.09. The third-order valence-corrected chi connectivity index (χ3v) is 4.23. The van der Waals surface area contributed by atoms with Crippen LogP contribution in [0.4, 0.5) is 17.6 Å². The Morgan fingerprint density at radius 1 is 1.08 bits per heavy atom. The molecule has 26 heavy (non-hydrogen) atoms.